The van der Waals surface area contributed by atoms with E-state index in [4.69, 9.17) is 10.8 Å². The van der Waals surface area contributed by atoms with Gasteiger partial charge in [0.05, 0.1) is 0 Å². The second kappa shape index (κ2) is 10.2. The Kier molecular flexibility index (Phi) is 9.88. The Labute approximate surface area is 118 Å². The van der Waals surface area contributed by atoms with Crippen LogP contribution in [0.4, 0.5) is 0 Å². The van der Waals surface area contributed by atoms with Gasteiger partial charge in [0, 0.05) is 31.7 Å². The van der Waals surface area contributed by atoms with Crippen LogP contribution in [0.15, 0.2) is 0 Å². The summed E-state index contributed by atoms with van der Waals surface area (Å²) in [6.07, 6.45) is 6.96. The van der Waals surface area contributed by atoms with Gasteiger partial charge in [0.1, 0.15) is 0 Å². The SMILES string of the molecule is CCCCCCCN(CCCO)C(=O)CC(C)(C)N. The predicted molar refractivity (Wildman–Crippen MR) is 79.9 cm³/mol. The van der Waals surface area contributed by atoms with Gasteiger partial charge in [-0.05, 0) is 26.7 Å². The fraction of sp³-hybridized carbons (Fsp3) is 0.933. The third-order valence-electron chi connectivity index (χ3n) is 3.08. The molecule has 4 heteroatoms. The summed E-state index contributed by atoms with van der Waals surface area (Å²) in [6.45, 7) is 7.50. The molecule has 0 aromatic carbocycles. The molecule has 4 nitrogen and oxygen atoms in total. The second-order valence-electron chi connectivity index (χ2n) is 6.04. The Hall–Kier alpha value is -0.610. The molecule has 0 heterocycles. The first-order valence-electron chi connectivity index (χ1n) is 7.58. The van der Waals surface area contributed by atoms with E-state index in [0.717, 1.165) is 13.0 Å². The maximum atomic E-state index is 12.1. The van der Waals surface area contributed by atoms with E-state index in [1.54, 1.807) is 0 Å². The highest BCUT2D eigenvalue weighted by atomic mass is 16.3. The number of aliphatic hydroxyl groups is 1. The highest BCUT2D eigenvalue weighted by molar-refractivity contribution is 5.77. The monoisotopic (exact) mass is 272 g/mol. The molecule has 19 heavy (non-hydrogen) atoms. The highest BCUT2D eigenvalue weighted by Crippen LogP contribution is 2.10. The molecule has 0 saturated heterocycles. The van der Waals surface area contributed by atoms with Crippen LogP contribution in [0.3, 0.4) is 0 Å². The van der Waals surface area contributed by atoms with Gasteiger partial charge in [-0.2, -0.15) is 0 Å². The molecular weight excluding hydrogens is 240 g/mol. The van der Waals surface area contributed by atoms with Crippen molar-refractivity contribution in [2.75, 3.05) is 19.7 Å². The van der Waals surface area contributed by atoms with Crippen LogP contribution in [-0.2, 0) is 4.79 Å². The first kappa shape index (κ1) is 18.4. The van der Waals surface area contributed by atoms with Crippen molar-refractivity contribution in [3.8, 4) is 0 Å². The minimum absolute atomic E-state index is 0.108. The van der Waals surface area contributed by atoms with Gasteiger partial charge >= 0.3 is 0 Å². The third kappa shape index (κ3) is 11.0. The van der Waals surface area contributed by atoms with Gasteiger partial charge in [0.15, 0.2) is 0 Å². The summed E-state index contributed by atoms with van der Waals surface area (Å²) in [5, 5.41) is 8.91. The van der Waals surface area contributed by atoms with Crippen molar-refractivity contribution in [2.45, 2.75) is 71.3 Å². The third-order valence-corrected chi connectivity index (χ3v) is 3.08. The molecule has 0 aliphatic heterocycles. The first-order chi connectivity index (χ1) is 8.90. The van der Waals surface area contributed by atoms with Crippen molar-refractivity contribution < 1.29 is 9.90 Å². The Morgan fingerprint density at radius 2 is 1.68 bits per heavy atom. The number of carbonyl (C=O) groups is 1. The predicted octanol–water partition coefficient (Wildman–Crippen LogP) is 2.30. The zero-order valence-electron chi connectivity index (χ0n) is 13.0. The van der Waals surface area contributed by atoms with Crippen molar-refractivity contribution >= 4 is 5.91 Å². The molecule has 0 aromatic heterocycles. The van der Waals surface area contributed by atoms with E-state index in [9.17, 15) is 4.79 Å². The maximum absolute atomic E-state index is 12.1. The number of carbonyl (C=O) groups excluding carboxylic acids is 1. The molecule has 0 rings (SSSR count). The normalized spacial score (nSPS) is 11.6. The van der Waals surface area contributed by atoms with E-state index >= 15 is 0 Å². The fourth-order valence-corrected chi connectivity index (χ4v) is 2.03. The molecular formula is C15H32N2O2. The van der Waals surface area contributed by atoms with Crippen molar-refractivity contribution in [3.63, 3.8) is 0 Å². The average molecular weight is 272 g/mol. The molecule has 0 spiro atoms. The quantitative estimate of drug-likeness (QED) is 0.567. The zero-order chi connectivity index (χ0) is 14.7. The molecule has 0 unspecified atom stereocenters. The Balaban J connectivity index is 4.10. The largest absolute Gasteiger partial charge is 0.396 e. The number of nitrogens with zero attached hydrogens (tertiary/aromatic N) is 1. The summed E-state index contributed by atoms with van der Waals surface area (Å²) in [6, 6.07) is 0. The van der Waals surface area contributed by atoms with Crippen LogP contribution < -0.4 is 5.73 Å². The topological polar surface area (TPSA) is 66.6 Å². The molecule has 0 saturated carbocycles. The Morgan fingerprint density at radius 3 is 2.21 bits per heavy atom. The average Bonchev–Trinajstić information content (AvgIpc) is 2.30. The molecule has 3 N–H and O–H groups in total. The molecule has 0 aromatic rings. The van der Waals surface area contributed by atoms with Gasteiger partial charge < -0.3 is 15.7 Å². The van der Waals surface area contributed by atoms with E-state index in [2.05, 4.69) is 6.92 Å². The van der Waals surface area contributed by atoms with Crippen molar-refractivity contribution in [1.82, 2.24) is 4.90 Å². The molecule has 1 amide bonds. The van der Waals surface area contributed by atoms with E-state index < -0.39 is 5.54 Å². The lowest BCUT2D eigenvalue weighted by atomic mass is 10.0. The summed E-state index contributed by atoms with van der Waals surface area (Å²) in [7, 11) is 0. The summed E-state index contributed by atoms with van der Waals surface area (Å²) in [4.78, 5) is 14.0. The molecule has 0 atom stereocenters. The van der Waals surface area contributed by atoms with Gasteiger partial charge in [-0.1, -0.05) is 32.6 Å². The van der Waals surface area contributed by atoms with Crippen LogP contribution in [0.5, 0.6) is 0 Å². The lowest BCUT2D eigenvalue weighted by Gasteiger charge is -2.26. The molecule has 0 aliphatic carbocycles. The summed E-state index contributed by atoms with van der Waals surface area (Å²) in [5.74, 6) is 0.108. The Bertz CT molecular complexity index is 237. The van der Waals surface area contributed by atoms with Crippen LogP contribution in [0, 0.1) is 0 Å². The summed E-state index contributed by atoms with van der Waals surface area (Å²) < 4.78 is 0. The minimum atomic E-state index is -0.462. The van der Waals surface area contributed by atoms with Crippen LogP contribution in [0.2, 0.25) is 0 Å². The van der Waals surface area contributed by atoms with Crippen molar-refractivity contribution in [2.24, 2.45) is 5.73 Å². The zero-order valence-corrected chi connectivity index (χ0v) is 13.0. The van der Waals surface area contributed by atoms with E-state index in [0.29, 0.717) is 19.4 Å². The van der Waals surface area contributed by atoms with Gasteiger partial charge in [-0.25, -0.2) is 0 Å². The van der Waals surface area contributed by atoms with E-state index in [-0.39, 0.29) is 12.5 Å². The number of aliphatic hydroxyl groups excluding tert-OH is 1. The lowest BCUT2D eigenvalue weighted by molar-refractivity contribution is -0.132. The van der Waals surface area contributed by atoms with Crippen LogP contribution in [0.25, 0.3) is 0 Å². The van der Waals surface area contributed by atoms with Gasteiger partial charge in [0.2, 0.25) is 5.91 Å². The molecule has 0 radical (unpaired) electrons. The van der Waals surface area contributed by atoms with Gasteiger partial charge in [0.25, 0.3) is 0 Å². The summed E-state index contributed by atoms with van der Waals surface area (Å²) >= 11 is 0. The second-order valence-corrected chi connectivity index (χ2v) is 6.04. The molecule has 0 fully saturated rings. The standard InChI is InChI=1S/C15H32N2O2/c1-4-5-6-7-8-10-17(11-9-12-18)14(19)13-15(2,3)16/h18H,4-13,16H2,1-3H3. The molecule has 114 valence electrons. The van der Waals surface area contributed by atoms with Gasteiger partial charge in [-0.15, -0.1) is 0 Å². The fourth-order valence-electron chi connectivity index (χ4n) is 2.03. The van der Waals surface area contributed by atoms with Gasteiger partial charge in [-0.3, -0.25) is 4.79 Å². The molecule has 0 aliphatic rings. The van der Waals surface area contributed by atoms with E-state index in [1.165, 1.54) is 25.7 Å². The number of hydrogen-bond acceptors (Lipinski definition) is 3. The minimum Gasteiger partial charge on any atom is -0.396 e. The first-order valence-corrected chi connectivity index (χ1v) is 7.58. The van der Waals surface area contributed by atoms with E-state index in [1.807, 2.05) is 18.7 Å². The van der Waals surface area contributed by atoms with Crippen molar-refractivity contribution in [1.29, 1.82) is 0 Å². The van der Waals surface area contributed by atoms with Crippen LogP contribution in [-0.4, -0.2) is 41.1 Å². The summed E-state index contributed by atoms with van der Waals surface area (Å²) in [5.41, 5.74) is 5.44. The van der Waals surface area contributed by atoms with Crippen molar-refractivity contribution in [3.05, 3.63) is 0 Å². The number of amides is 1. The molecule has 0 bridgehead atoms. The highest BCUT2D eigenvalue weighted by Gasteiger charge is 2.20. The van der Waals surface area contributed by atoms with Crippen LogP contribution >= 0.6 is 0 Å². The number of unbranched alkanes of at least 4 members (excludes halogenated alkanes) is 4. The lowest BCUT2D eigenvalue weighted by Crippen LogP contribution is -2.42. The number of rotatable bonds is 11. The van der Waals surface area contributed by atoms with Crippen LogP contribution in [0.1, 0.15) is 65.7 Å². The number of nitrogens with two attached hydrogens (primary N) is 1. The Morgan fingerprint density at radius 1 is 1.11 bits per heavy atom. The number of hydrogen-bond donors (Lipinski definition) is 2. The smallest absolute Gasteiger partial charge is 0.224 e. The maximum Gasteiger partial charge on any atom is 0.224 e.